The molecule has 0 fully saturated rings. The van der Waals surface area contributed by atoms with Crippen molar-refractivity contribution in [2.45, 2.75) is 11.3 Å². The van der Waals surface area contributed by atoms with Crippen LogP contribution in [0.15, 0.2) is 23.1 Å². The number of benzene rings is 1. The average Bonchev–Trinajstić information content (AvgIpc) is 2.34. The molecule has 0 radical (unpaired) electrons. The summed E-state index contributed by atoms with van der Waals surface area (Å²) in [6.07, 6.45) is -2.85. The van der Waals surface area contributed by atoms with Gasteiger partial charge in [0.1, 0.15) is 12.4 Å². The van der Waals surface area contributed by atoms with Crippen LogP contribution in [0.25, 0.3) is 0 Å². The highest BCUT2D eigenvalue weighted by molar-refractivity contribution is 7.89. The lowest BCUT2D eigenvalue weighted by Gasteiger charge is -2.08. The Morgan fingerprint density at radius 2 is 2.05 bits per heavy atom. The van der Waals surface area contributed by atoms with Crippen molar-refractivity contribution in [3.05, 3.63) is 29.6 Å². The molecule has 0 aromatic heterocycles. The van der Waals surface area contributed by atoms with E-state index < -0.39 is 40.3 Å². The summed E-state index contributed by atoms with van der Waals surface area (Å²) in [6, 6.07) is 2.64. The quantitative estimate of drug-likeness (QED) is 0.804. The van der Waals surface area contributed by atoms with Gasteiger partial charge in [0, 0.05) is 5.56 Å². The van der Waals surface area contributed by atoms with Gasteiger partial charge >= 0.3 is 0 Å². The zero-order valence-electron chi connectivity index (χ0n) is 9.53. The molecule has 1 rings (SSSR count). The van der Waals surface area contributed by atoms with Gasteiger partial charge < -0.3 is 5.11 Å². The molecule has 0 saturated heterocycles. The number of halogens is 3. The molecule has 0 spiro atoms. The number of nitrogens with one attached hydrogen (secondary N) is 1. The van der Waals surface area contributed by atoms with E-state index in [0.29, 0.717) is 0 Å². The maximum absolute atomic E-state index is 13.0. The van der Waals surface area contributed by atoms with Gasteiger partial charge in [-0.2, -0.15) is 0 Å². The summed E-state index contributed by atoms with van der Waals surface area (Å²) in [5.74, 6) is 3.69. The van der Waals surface area contributed by atoms with E-state index in [4.69, 9.17) is 5.11 Å². The first-order valence-electron chi connectivity index (χ1n) is 5.04. The molecule has 19 heavy (non-hydrogen) atoms. The largest absolute Gasteiger partial charge is 0.384 e. The van der Waals surface area contributed by atoms with Crippen LogP contribution in [-0.2, 0) is 10.0 Å². The monoisotopic (exact) mass is 293 g/mol. The SMILES string of the molecule is O=S(=O)(NCC(F)F)c1ccc(F)cc1C#CCO. The Morgan fingerprint density at radius 1 is 1.37 bits per heavy atom. The minimum absolute atomic E-state index is 0.212. The van der Waals surface area contributed by atoms with Gasteiger partial charge in [0.05, 0.1) is 11.4 Å². The molecular weight excluding hydrogens is 283 g/mol. The number of sulfonamides is 1. The van der Waals surface area contributed by atoms with Crippen LogP contribution in [0.2, 0.25) is 0 Å². The Bertz CT molecular complexity index is 605. The molecule has 4 nitrogen and oxygen atoms in total. The molecule has 0 bridgehead atoms. The second-order valence-electron chi connectivity index (χ2n) is 3.34. The van der Waals surface area contributed by atoms with Crippen molar-refractivity contribution in [1.82, 2.24) is 4.72 Å². The second-order valence-corrected chi connectivity index (χ2v) is 5.08. The first-order valence-corrected chi connectivity index (χ1v) is 6.52. The van der Waals surface area contributed by atoms with Crippen molar-refractivity contribution in [2.75, 3.05) is 13.2 Å². The fourth-order valence-electron chi connectivity index (χ4n) is 1.22. The van der Waals surface area contributed by atoms with E-state index >= 15 is 0 Å². The smallest absolute Gasteiger partial charge is 0.251 e. The fraction of sp³-hybridized carbons (Fsp3) is 0.273. The lowest BCUT2D eigenvalue weighted by molar-refractivity contribution is 0.153. The summed E-state index contributed by atoms with van der Waals surface area (Å²) < 4.78 is 62.2. The number of alkyl halides is 2. The van der Waals surface area contributed by atoms with Crippen LogP contribution in [-0.4, -0.2) is 33.1 Å². The Morgan fingerprint density at radius 3 is 2.63 bits per heavy atom. The van der Waals surface area contributed by atoms with E-state index in [9.17, 15) is 21.6 Å². The molecule has 0 amide bonds. The molecule has 2 N–H and O–H groups in total. The Kier molecular flexibility index (Phi) is 5.35. The molecule has 0 aliphatic rings. The third-order valence-corrected chi connectivity index (χ3v) is 3.44. The van der Waals surface area contributed by atoms with Crippen LogP contribution < -0.4 is 4.72 Å². The molecule has 0 aliphatic heterocycles. The maximum Gasteiger partial charge on any atom is 0.251 e. The van der Waals surface area contributed by atoms with E-state index in [-0.39, 0.29) is 5.56 Å². The zero-order valence-corrected chi connectivity index (χ0v) is 10.3. The van der Waals surface area contributed by atoms with Crippen LogP contribution in [0.4, 0.5) is 13.2 Å². The molecule has 8 heteroatoms. The summed E-state index contributed by atoms with van der Waals surface area (Å²) in [6.45, 7) is -1.59. The van der Waals surface area contributed by atoms with Crippen molar-refractivity contribution in [3.8, 4) is 11.8 Å². The van der Waals surface area contributed by atoms with E-state index in [1.807, 2.05) is 0 Å². The molecule has 0 saturated carbocycles. The van der Waals surface area contributed by atoms with E-state index in [1.54, 1.807) is 4.72 Å². The standard InChI is InChI=1S/C11H10F3NO3S/c12-9-3-4-10(8(6-9)2-1-5-16)19(17,18)15-7-11(13)14/h3-4,6,11,15-16H,5,7H2. The first kappa shape index (κ1) is 15.5. The maximum atomic E-state index is 13.0. The zero-order chi connectivity index (χ0) is 14.5. The molecule has 0 heterocycles. The molecule has 1 aromatic carbocycles. The Labute approximate surface area is 108 Å². The molecule has 0 atom stereocenters. The highest BCUT2D eigenvalue weighted by atomic mass is 32.2. The van der Waals surface area contributed by atoms with E-state index in [1.165, 1.54) is 0 Å². The van der Waals surface area contributed by atoms with Crippen LogP contribution >= 0.6 is 0 Å². The molecule has 104 valence electrons. The number of aliphatic hydroxyl groups excluding tert-OH is 1. The van der Waals surface area contributed by atoms with Crippen molar-refractivity contribution in [2.24, 2.45) is 0 Å². The van der Waals surface area contributed by atoms with Crippen LogP contribution in [0.1, 0.15) is 5.56 Å². The van der Waals surface area contributed by atoms with Gasteiger partial charge in [-0.1, -0.05) is 11.8 Å². The summed E-state index contributed by atoms with van der Waals surface area (Å²) in [7, 11) is -4.21. The van der Waals surface area contributed by atoms with E-state index in [0.717, 1.165) is 18.2 Å². The average molecular weight is 293 g/mol. The summed E-state index contributed by atoms with van der Waals surface area (Å²) >= 11 is 0. The Hall–Kier alpha value is -1.56. The normalized spacial score (nSPS) is 11.2. The predicted molar refractivity (Wildman–Crippen MR) is 61.6 cm³/mol. The summed E-state index contributed by atoms with van der Waals surface area (Å²) in [5, 5.41) is 8.54. The van der Waals surface area contributed by atoms with Crippen molar-refractivity contribution >= 4 is 10.0 Å². The molecule has 0 aliphatic carbocycles. The predicted octanol–water partition coefficient (Wildman–Crippen LogP) is 0.713. The van der Waals surface area contributed by atoms with Gasteiger partial charge in [0.15, 0.2) is 0 Å². The van der Waals surface area contributed by atoms with Gasteiger partial charge in [-0.05, 0) is 18.2 Å². The van der Waals surface area contributed by atoms with Gasteiger partial charge in [0.25, 0.3) is 6.43 Å². The molecular formula is C11H10F3NO3S. The second kappa shape index (κ2) is 6.56. The third-order valence-electron chi connectivity index (χ3n) is 1.96. The van der Waals surface area contributed by atoms with Gasteiger partial charge in [-0.3, -0.25) is 0 Å². The van der Waals surface area contributed by atoms with Gasteiger partial charge in [-0.15, -0.1) is 0 Å². The van der Waals surface area contributed by atoms with Crippen molar-refractivity contribution in [1.29, 1.82) is 0 Å². The van der Waals surface area contributed by atoms with Crippen molar-refractivity contribution in [3.63, 3.8) is 0 Å². The topological polar surface area (TPSA) is 66.4 Å². The van der Waals surface area contributed by atoms with Gasteiger partial charge in [0.2, 0.25) is 10.0 Å². The summed E-state index contributed by atoms with van der Waals surface area (Å²) in [5.41, 5.74) is -0.212. The van der Waals surface area contributed by atoms with Crippen LogP contribution in [0.5, 0.6) is 0 Å². The van der Waals surface area contributed by atoms with Crippen LogP contribution in [0, 0.1) is 17.7 Å². The Balaban J connectivity index is 3.18. The highest BCUT2D eigenvalue weighted by Gasteiger charge is 2.19. The van der Waals surface area contributed by atoms with E-state index in [2.05, 4.69) is 11.8 Å². The number of aliphatic hydroxyl groups is 1. The molecule has 0 unspecified atom stereocenters. The summed E-state index contributed by atoms with van der Waals surface area (Å²) in [4.78, 5) is -0.421. The number of hydrogen-bond acceptors (Lipinski definition) is 3. The fourth-order valence-corrected chi connectivity index (χ4v) is 2.37. The van der Waals surface area contributed by atoms with Crippen LogP contribution in [0.3, 0.4) is 0 Å². The molecule has 1 aromatic rings. The number of rotatable bonds is 4. The van der Waals surface area contributed by atoms with Gasteiger partial charge in [-0.25, -0.2) is 26.3 Å². The third kappa shape index (κ3) is 4.55. The van der Waals surface area contributed by atoms with Crippen molar-refractivity contribution < 1.29 is 26.7 Å². The lowest BCUT2D eigenvalue weighted by Crippen LogP contribution is -2.29. The highest BCUT2D eigenvalue weighted by Crippen LogP contribution is 2.16. The lowest BCUT2D eigenvalue weighted by atomic mass is 10.2. The number of hydrogen-bond donors (Lipinski definition) is 2. The first-order chi connectivity index (χ1) is 8.86. The minimum Gasteiger partial charge on any atom is -0.384 e. The minimum atomic E-state index is -4.21.